The second-order valence-electron chi connectivity index (χ2n) is 21.3. The highest BCUT2D eigenvalue weighted by Gasteiger charge is 2.31. The second kappa shape index (κ2) is 20.8. The van der Waals surface area contributed by atoms with E-state index in [1.165, 1.54) is 77.4 Å². The topological polar surface area (TPSA) is 11.4 Å². The number of benzene rings is 13. The summed E-state index contributed by atoms with van der Waals surface area (Å²) >= 11 is 0. The summed E-state index contributed by atoms with van der Waals surface area (Å²) in [5.41, 5.74) is 26.1. The summed E-state index contributed by atoms with van der Waals surface area (Å²) in [5.74, 6) is 0.189. The summed E-state index contributed by atoms with van der Waals surface area (Å²) < 4.78 is 2.38. The zero-order valence-electron chi connectivity index (χ0n) is 45.1. The molecule has 1 unspecified atom stereocenters. The minimum absolute atomic E-state index is 0.189. The molecule has 1 aromatic heterocycles. The molecule has 1 aliphatic carbocycles. The lowest BCUT2D eigenvalue weighted by atomic mass is 9.89. The Morgan fingerprint density at radius 3 is 1.22 bits per heavy atom. The number of aromatic nitrogens is 1. The molecule has 0 bridgehead atoms. The van der Waals surface area contributed by atoms with Gasteiger partial charge in [0.15, 0.2) is 0 Å². The lowest BCUT2D eigenvalue weighted by molar-refractivity contribution is 1.01. The zero-order valence-corrected chi connectivity index (χ0v) is 45.1. The fourth-order valence-electron chi connectivity index (χ4n) is 12.6. The Labute approximate surface area is 479 Å². The standard InChI is InChI=1S/C79H55N3/c1-5-19-55(20-6-1)62-25-17-29-67(51-62)80(69-47-49-74-75(53-69)71-31-13-14-33-73(71)79(74)61-23-9-3-10-24-61)65-43-39-59(40-44-65)57-35-37-58(38-36-57)60-41-45-66(46-42-60)81(68-30-18-26-63(52-68)56-21-7-2-8-22-56)70-48-50-78-76(54-70)72-32-15-16-34-77(72)82(78)64-27-11-4-12-28-64/h1-54,79H. The van der Waals surface area contributed by atoms with Crippen LogP contribution in [0.1, 0.15) is 22.6 Å². The summed E-state index contributed by atoms with van der Waals surface area (Å²) in [4.78, 5) is 4.80. The van der Waals surface area contributed by atoms with E-state index in [1.807, 2.05) is 0 Å². The van der Waals surface area contributed by atoms with E-state index in [4.69, 9.17) is 0 Å². The van der Waals surface area contributed by atoms with Gasteiger partial charge in [0.2, 0.25) is 0 Å². The number of fused-ring (bicyclic) bond motifs is 6. The van der Waals surface area contributed by atoms with Gasteiger partial charge in [-0.15, -0.1) is 0 Å². The van der Waals surface area contributed by atoms with Gasteiger partial charge >= 0.3 is 0 Å². The first kappa shape index (κ1) is 48.4. The van der Waals surface area contributed by atoms with Crippen LogP contribution in [0.15, 0.2) is 328 Å². The smallest absolute Gasteiger partial charge is 0.0542 e. The van der Waals surface area contributed by atoms with Crippen LogP contribution in [0.25, 0.3) is 83.1 Å². The molecule has 0 radical (unpaired) electrons. The van der Waals surface area contributed by atoms with Gasteiger partial charge in [0.1, 0.15) is 0 Å². The van der Waals surface area contributed by atoms with Gasteiger partial charge in [-0.3, -0.25) is 0 Å². The Bertz CT molecular complexity index is 4590. The van der Waals surface area contributed by atoms with Crippen molar-refractivity contribution in [2.75, 3.05) is 9.80 Å². The quantitative estimate of drug-likeness (QED) is 0.121. The first-order valence-corrected chi connectivity index (χ1v) is 28.3. The Morgan fingerprint density at radius 1 is 0.232 bits per heavy atom. The van der Waals surface area contributed by atoms with Crippen molar-refractivity contribution in [2.45, 2.75) is 5.92 Å². The minimum atomic E-state index is 0.189. The van der Waals surface area contributed by atoms with Gasteiger partial charge in [-0.05, 0) is 169 Å². The van der Waals surface area contributed by atoms with Gasteiger partial charge in [-0.2, -0.15) is 0 Å². The Morgan fingerprint density at radius 2 is 0.634 bits per heavy atom. The Balaban J connectivity index is 0.755. The molecule has 0 amide bonds. The van der Waals surface area contributed by atoms with Gasteiger partial charge < -0.3 is 14.4 Å². The highest BCUT2D eigenvalue weighted by molar-refractivity contribution is 6.11. The summed E-state index contributed by atoms with van der Waals surface area (Å²) in [6.07, 6.45) is 0. The van der Waals surface area contributed by atoms with E-state index >= 15 is 0 Å². The molecule has 0 spiro atoms. The number of hydrogen-bond acceptors (Lipinski definition) is 2. The third kappa shape index (κ3) is 8.82. The zero-order chi connectivity index (χ0) is 54.3. The molecule has 3 heteroatoms. The van der Waals surface area contributed by atoms with Crippen molar-refractivity contribution in [3.8, 4) is 61.3 Å². The van der Waals surface area contributed by atoms with Crippen LogP contribution in [0.5, 0.6) is 0 Å². The number of para-hydroxylation sites is 2. The van der Waals surface area contributed by atoms with Crippen LogP contribution in [-0.4, -0.2) is 4.57 Å². The fraction of sp³-hybridized carbons (Fsp3) is 0.0127. The average molecular weight is 1050 g/mol. The molecular weight excluding hydrogens is 991 g/mol. The molecule has 0 N–H and O–H groups in total. The summed E-state index contributed by atoms with van der Waals surface area (Å²) in [5, 5.41) is 2.43. The summed E-state index contributed by atoms with van der Waals surface area (Å²) in [6, 6.07) is 119. The third-order valence-corrected chi connectivity index (χ3v) is 16.5. The maximum absolute atomic E-state index is 2.41. The molecule has 15 rings (SSSR count). The predicted molar refractivity (Wildman–Crippen MR) is 345 cm³/mol. The number of rotatable bonds is 12. The van der Waals surface area contributed by atoms with Gasteiger partial charge in [0.25, 0.3) is 0 Å². The third-order valence-electron chi connectivity index (χ3n) is 16.5. The van der Waals surface area contributed by atoms with E-state index in [-0.39, 0.29) is 5.92 Å². The van der Waals surface area contributed by atoms with Gasteiger partial charge in [0.05, 0.1) is 11.0 Å². The van der Waals surface area contributed by atoms with Crippen LogP contribution in [0.3, 0.4) is 0 Å². The van der Waals surface area contributed by atoms with Crippen LogP contribution in [0.2, 0.25) is 0 Å². The van der Waals surface area contributed by atoms with E-state index in [0.29, 0.717) is 0 Å². The molecule has 14 aromatic rings. The number of hydrogen-bond donors (Lipinski definition) is 0. The van der Waals surface area contributed by atoms with E-state index in [9.17, 15) is 0 Å². The van der Waals surface area contributed by atoms with E-state index < -0.39 is 0 Å². The van der Waals surface area contributed by atoms with E-state index in [2.05, 4.69) is 342 Å². The Hall–Kier alpha value is -10.7. The van der Waals surface area contributed by atoms with Crippen LogP contribution in [0, 0.1) is 0 Å². The molecule has 82 heavy (non-hydrogen) atoms. The molecule has 386 valence electrons. The molecule has 1 heterocycles. The molecular formula is C79H55N3. The fourth-order valence-corrected chi connectivity index (χ4v) is 12.6. The average Bonchev–Trinajstić information content (AvgIpc) is 4.29. The lowest BCUT2D eigenvalue weighted by Crippen LogP contribution is -2.10. The van der Waals surface area contributed by atoms with Crippen LogP contribution >= 0.6 is 0 Å². The van der Waals surface area contributed by atoms with Crippen LogP contribution < -0.4 is 9.80 Å². The maximum atomic E-state index is 2.41. The van der Waals surface area contributed by atoms with Crippen LogP contribution in [-0.2, 0) is 0 Å². The molecule has 1 atom stereocenters. The predicted octanol–water partition coefficient (Wildman–Crippen LogP) is 21.6. The van der Waals surface area contributed by atoms with Crippen molar-refractivity contribution in [1.82, 2.24) is 4.57 Å². The molecule has 0 saturated carbocycles. The van der Waals surface area contributed by atoms with Gasteiger partial charge in [-0.1, -0.05) is 231 Å². The highest BCUT2D eigenvalue weighted by atomic mass is 15.1. The van der Waals surface area contributed by atoms with Crippen LogP contribution in [0.4, 0.5) is 34.1 Å². The van der Waals surface area contributed by atoms with E-state index in [1.54, 1.807) is 0 Å². The van der Waals surface area contributed by atoms with Crippen molar-refractivity contribution in [3.63, 3.8) is 0 Å². The second-order valence-corrected chi connectivity index (χ2v) is 21.3. The van der Waals surface area contributed by atoms with Gasteiger partial charge in [0, 0.05) is 56.5 Å². The highest BCUT2D eigenvalue weighted by Crippen LogP contribution is 2.51. The van der Waals surface area contributed by atoms with Gasteiger partial charge in [-0.25, -0.2) is 0 Å². The summed E-state index contributed by atoms with van der Waals surface area (Å²) in [7, 11) is 0. The van der Waals surface area contributed by atoms with Crippen molar-refractivity contribution in [2.24, 2.45) is 0 Å². The number of nitrogens with zero attached hydrogens (tertiary/aromatic N) is 3. The first-order valence-electron chi connectivity index (χ1n) is 28.3. The summed E-state index contributed by atoms with van der Waals surface area (Å²) in [6.45, 7) is 0. The maximum Gasteiger partial charge on any atom is 0.0542 e. The molecule has 0 fully saturated rings. The molecule has 1 aliphatic rings. The lowest BCUT2D eigenvalue weighted by Gasteiger charge is -2.27. The van der Waals surface area contributed by atoms with E-state index in [0.717, 1.165) is 56.5 Å². The molecule has 0 aliphatic heterocycles. The van der Waals surface area contributed by atoms with Crippen molar-refractivity contribution < 1.29 is 0 Å². The van der Waals surface area contributed by atoms with Crippen molar-refractivity contribution >= 4 is 55.9 Å². The molecule has 0 saturated heterocycles. The van der Waals surface area contributed by atoms with Crippen molar-refractivity contribution in [3.05, 3.63) is 344 Å². The monoisotopic (exact) mass is 1050 g/mol. The normalized spacial score (nSPS) is 12.5. The minimum Gasteiger partial charge on any atom is -0.310 e. The molecule has 13 aromatic carbocycles. The largest absolute Gasteiger partial charge is 0.310 e. The number of anilines is 6. The first-order chi connectivity index (χ1) is 40.7. The van der Waals surface area contributed by atoms with Crippen molar-refractivity contribution in [1.29, 1.82) is 0 Å². The SMILES string of the molecule is c1ccc(-c2cccc(N(c3ccc(-c4ccc(-c5ccc(N(c6cccc(-c7ccccc7)c6)c6ccc7c(c6)c6ccccc6n7-c6ccccc6)cc5)cc4)cc3)c3ccc4c(c3)-c3ccccc3C4c3ccccc3)c2)cc1. The Kier molecular flexibility index (Phi) is 12.3. The molecule has 3 nitrogen and oxygen atoms in total.